The van der Waals surface area contributed by atoms with Crippen molar-refractivity contribution in [1.82, 2.24) is 9.78 Å². The van der Waals surface area contributed by atoms with E-state index < -0.39 is 0 Å². The van der Waals surface area contributed by atoms with Gasteiger partial charge in [-0.05, 0) is 44.5 Å². The fourth-order valence-electron chi connectivity index (χ4n) is 2.10. The minimum atomic E-state index is -0.141. The van der Waals surface area contributed by atoms with Gasteiger partial charge in [-0.2, -0.15) is 5.10 Å². The van der Waals surface area contributed by atoms with Crippen molar-refractivity contribution >= 4 is 17.7 Å². The molecule has 0 radical (unpaired) electrons. The van der Waals surface area contributed by atoms with Crippen LogP contribution in [0.15, 0.2) is 30.3 Å². The third kappa shape index (κ3) is 3.15. The highest BCUT2D eigenvalue weighted by molar-refractivity contribution is 6.02. The summed E-state index contributed by atoms with van der Waals surface area (Å²) in [7, 11) is 1.90. The van der Waals surface area contributed by atoms with Crippen molar-refractivity contribution in [2.75, 3.05) is 5.32 Å². The second kappa shape index (κ2) is 5.74. The first kappa shape index (κ1) is 14.1. The van der Waals surface area contributed by atoms with E-state index in [4.69, 9.17) is 0 Å². The lowest BCUT2D eigenvalue weighted by Crippen LogP contribution is -2.07. The smallest absolute Gasteiger partial charge is 0.248 e. The topological polar surface area (TPSA) is 46.9 Å². The predicted molar refractivity (Wildman–Crippen MR) is 81.5 cm³/mol. The van der Waals surface area contributed by atoms with Gasteiger partial charge in [-0.1, -0.05) is 12.1 Å². The maximum Gasteiger partial charge on any atom is 0.248 e. The third-order valence-electron chi connectivity index (χ3n) is 3.25. The van der Waals surface area contributed by atoms with Crippen LogP contribution < -0.4 is 5.32 Å². The molecule has 0 spiro atoms. The molecule has 0 fully saturated rings. The Balaban J connectivity index is 2.10. The van der Waals surface area contributed by atoms with Crippen molar-refractivity contribution in [3.05, 3.63) is 52.9 Å². The second-order valence-corrected chi connectivity index (χ2v) is 4.90. The van der Waals surface area contributed by atoms with Crippen LogP contribution in [0.1, 0.15) is 22.5 Å². The van der Waals surface area contributed by atoms with Gasteiger partial charge in [0.2, 0.25) is 5.91 Å². The minimum absolute atomic E-state index is 0.141. The van der Waals surface area contributed by atoms with Gasteiger partial charge in [0, 0.05) is 30.1 Å². The van der Waals surface area contributed by atoms with Crippen LogP contribution in [0.5, 0.6) is 0 Å². The summed E-state index contributed by atoms with van der Waals surface area (Å²) in [6.45, 7) is 5.91. The molecular formula is C16H19N3O. The second-order valence-electron chi connectivity index (χ2n) is 4.90. The van der Waals surface area contributed by atoms with Gasteiger partial charge in [0.25, 0.3) is 0 Å². The highest BCUT2D eigenvalue weighted by Crippen LogP contribution is 2.14. The predicted octanol–water partition coefficient (Wildman–Crippen LogP) is 3.00. The standard InChI is InChI=1S/C16H19N3O/c1-11-6-5-7-14(10-11)17-16(20)9-8-15-12(2)18-19(4)13(15)3/h5-10H,1-4H3,(H,17,20)/b9-8+. The van der Waals surface area contributed by atoms with Gasteiger partial charge in [0.05, 0.1) is 5.69 Å². The van der Waals surface area contributed by atoms with Gasteiger partial charge >= 0.3 is 0 Å². The molecule has 0 unspecified atom stereocenters. The van der Waals surface area contributed by atoms with Crippen LogP contribution in [0.2, 0.25) is 0 Å². The Morgan fingerprint density at radius 2 is 2.05 bits per heavy atom. The van der Waals surface area contributed by atoms with Crippen molar-refractivity contribution in [3.8, 4) is 0 Å². The van der Waals surface area contributed by atoms with Crippen molar-refractivity contribution in [2.45, 2.75) is 20.8 Å². The summed E-state index contributed by atoms with van der Waals surface area (Å²) >= 11 is 0. The zero-order valence-corrected chi connectivity index (χ0v) is 12.3. The quantitative estimate of drug-likeness (QED) is 0.871. The molecule has 0 aliphatic carbocycles. The fraction of sp³-hybridized carbons (Fsp3) is 0.250. The molecule has 104 valence electrons. The number of aryl methyl sites for hydroxylation is 3. The number of benzene rings is 1. The molecule has 4 nitrogen and oxygen atoms in total. The Kier molecular flexibility index (Phi) is 4.03. The minimum Gasteiger partial charge on any atom is -0.323 e. The molecule has 2 rings (SSSR count). The summed E-state index contributed by atoms with van der Waals surface area (Å²) in [5.41, 5.74) is 4.88. The Labute approximate surface area is 119 Å². The average Bonchev–Trinajstić information content (AvgIpc) is 2.61. The van der Waals surface area contributed by atoms with E-state index in [9.17, 15) is 4.79 Å². The zero-order chi connectivity index (χ0) is 14.7. The molecule has 1 aromatic heterocycles. The number of rotatable bonds is 3. The number of nitrogens with one attached hydrogen (secondary N) is 1. The number of hydrogen-bond donors (Lipinski definition) is 1. The summed E-state index contributed by atoms with van der Waals surface area (Å²) in [4.78, 5) is 11.9. The normalized spacial score (nSPS) is 11.0. The number of amides is 1. The molecule has 1 amide bonds. The molecule has 0 saturated carbocycles. The van der Waals surface area contributed by atoms with E-state index in [0.717, 1.165) is 28.2 Å². The lowest BCUT2D eigenvalue weighted by molar-refractivity contribution is -0.111. The van der Waals surface area contributed by atoms with E-state index in [-0.39, 0.29) is 5.91 Å². The largest absolute Gasteiger partial charge is 0.323 e. The molecule has 0 aliphatic rings. The van der Waals surface area contributed by atoms with Crippen LogP contribution in [0, 0.1) is 20.8 Å². The number of nitrogens with zero attached hydrogens (tertiary/aromatic N) is 2. The summed E-state index contributed by atoms with van der Waals surface area (Å²) in [6.07, 6.45) is 3.35. The molecule has 20 heavy (non-hydrogen) atoms. The highest BCUT2D eigenvalue weighted by atomic mass is 16.1. The molecule has 0 bridgehead atoms. The molecule has 1 heterocycles. The van der Waals surface area contributed by atoms with Gasteiger partial charge in [-0.15, -0.1) is 0 Å². The maximum atomic E-state index is 11.9. The van der Waals surface area contributed by atoms with Crippen molar-refractivity contribution in [3.63, 3.8) is 0 Å². The Bertz CT molecular complexity index is 668. The number of hydrogen-bond acceptors (Lipinski definition) is 2. The number of anilines is 1. The molecule has 1 aromatic carbocycles. The van der Waals surface area contributed by atoms with Crippen molar-refractivity contribution < 1.29 is 4.79 Å². The third-order valence-corrected chi connectivity index (χ3v) is 3.25. The summed E-state index contributed by atoms with van der Waals surface area (Å²) in [5, 5.41) is 7.16. The van der Waals surface area contributed by atoms with Gasteiger partial charge in [0.1, 0.15) is 0 Å². The molecule has 0 aliphatic heterocycles. The maximum absolute atomic E-state index is 11.9. The average molecular weight is 269 g/mol. The van der Waals surface area contributed by atoms with Crippen LogP contribution in [-0.4, -0.2) is 15.7 Å². The Morgan fingerprint density at radius 3 is 2.65 bits per heavy atom. The molecule has 0 saturated heterocycles. The van der Waals surface area contributed by atoms with Crippen LogP contribution in [0.25, 0.3) is 6.08 Å². The van der Waals surface area contributed by atoms with Crippen LogP contribution >= 0.6 is 0 Å². The first-order valence-corrected chi connectivity index (χ1v) is 6.53. The van der Waals surface area contributed by atoms with Gasteiger partial charge < -0.3 is 5.32 Å². The van der Waals surface area contributed by atoms with Crippen LogP contribution in [0.4, 0.5) is 5.69 Å². The van der Waals surface area contributed by atoms with E-state index in [0.29, 0.717) is 0 Å². The lowest BCUT2D eigenvalue weighted by Gasteiger charge is -2.02. The summed E-state index contributed by atoms with van der Waals surface area (Å²) < 4.78 is 1.81. The molecule has 2 aromatic rings. The first-order valence-electron chi connectivity index (χ1n) is 6.53. The van der Waals surface area contributed by atoms with E-state index in [1.54, 1.807) is 6.08 Å². The van der Waals surface area contributed by atoms with E-state index >= 15 is 0 Å². The molecule has 4 heteroatoms. The number of carbonyl (C=O) groups is 1. The number of carbonyl (C=O) groups excluding carboxylic acids is 1. The molecule has 0 atom stereocenters. The lowest BCUT2D eigenvalue weighted by atomic mass is 10.2. The van der Waals surface area contributed by atoms with Gasteiger partial charge in [0.15, 0.2) is 0 Å². The van der Waals surface area contributed by atoms with Crippen LogP contribution in [-0.2, 0) is 11.8 Å². The molecule has 1 N–H and O–H groups in total. The summed E-state index contributed by atoms with van der Waals surface area (Å²) in [5.74, 6) is -0.141. The SMILES string of the molecule is Cc1cccc(NC(=O)/C=C/c2c(C)nn(C)c2C)c1. The van der Waals surface area contributed by atoms with E-state index in [2.05, 4.69) is 10.4 Å². The van der Waals surface area contributed by atoms with Crippen molar-refractivity contribution in [1.29, 1.82) is 0 Å². The van der Waals surface area contributed by atoms with E-state index in [1.807, 2.05) is 62.8 Å². The highest BCUT2D eigenvalue weighted by Gasteiger charge is 2.06. The van der Waals surface area contributed by atoms with Gasteiger partial charge in [-0.3, -0.25) is 9.48 Å². The fourth-order valence-corrected chi connectivity index (χ4v) is 2.10. The summed E-state index contributed by atoms with van der Waals surface area (Å²) in [6, 6.07) is 7.73. The zero-order valence-electron chi connectivity index (χ0n) is 12.3. The van der Waals surface area contributed by atoms with E-state index in [1.165, 1.54) is 0 Å². The van der Waals surface area contributed by atoms with Crippen molar-refractivity contribution in [2.24, 2.45) is 7.05 Å². The van der Waals surface area contributed by atoms with Crippen LogP contribution in [0.3, 0.4) is 0 Å². The molecular weight excluding hydrogens is 250 g/mol. The first-order chi connectivity index (χ1) is 9.47. The monoisotopic (exact) mass is 269 g/mol. The number of aromatic nitrogens is 2. The Hall–Kier alpha value is -2.36. The Morgan fingerprint density at radius 1 is 1.30 bits per heavy atom. The van der Waals surface area contributed by atoms with Gasteiger partial charge in [-0.25, -0.2) is 0 Å².